The number of hydrogen-bond acceptors (Lipinski definition) is 3. The van der Waals surface area contributed by atoms with E-state index in [0.717, 1.165) is 39.5 Å². The van der Waals surface area contributed by atoms with Crippen LogP contribution in [0.3, 0.4) is 0 Å². The van der Waals surface area contributed by atoms with Gasteiger partial charge in [-0.1, -0.05) is 12.1 Å². The van der Waals surface area contributed by atoms with Crippen LogP contribution in [0.15, 0.2) is 60.6 Å². The number of nitrogens with zero attached hydrogens (tertiary/aromatic N) is 2. The van der Waals surface area contributed by atoms with Crippen molar-refractivity contribution in [2.24, 2.45) is 7.05 Å². The summed E-state index contributed by atoms with van der Waals surface area (Å²) in [5, 5.41) is 1.12. The fourth-order valence-electron chi connectivity index (χ4n) is 3.05. The number of benzene rings is 2. The molecule has 0 spiro atoms. The van der Waals surface area contributed by atoms with E-state index in [1.54, 1.807) is 7.11 Å². The number of aryl methyl sites for hydroxylation is 1. The number of rotatable bonds is 2. The van der Waals surface area contributed by atoms with Gasteiger partial charge in [0, 0.05) is 25.3 Å². The van der Waals surface area contributed by atoms with Crippen LogP contribution in [0, 0.1) is 0 Å². The molecule has 24 heavy (non-hydrogen) atoms. The molecule has 4 nitrogen and oxygen atoms in total. The number of anilines is 1. The third kappa shape index (κ3) is 2.27. The van der Waals surface area contributed by atoms with E-state index in [4.69, 9.17) is 9.47 Å². The quantitative estimate of drug-likeness (QED) is 0.676. The smallest absolute Gasteiger partial charge is 0.213 e. The van der Waals surface area contributed by atoms with E-state index in [-0.39, 0.29) is 0 Å². The summed E-state index contributed by atoms with van der Waals surface area (Å²) in [5.74, 6) is 2.54. The average molecular weight is 319 g/mol. The predicted octanol–water partition coefficient (Wildman–Crippen LogP) is 3.50. The highest BCUT2D eigenvalue weighted by Crippen LogP contribution is 2.38. The summed E-state index contributed by atoms with van der Waals surface area (Å²) in [6.45, 7) is 0. The van der Waals surface area contributed by atoms with Crippen LogP contribution in [0.25, 0.3) is 17.0 Å². The Kier molecular flexibility index (Phi) is 3.38. The maximum Gasteiger partial charge on any atom is 0.213 e. The third-order valence-electron chi connectivity index (χ3n) is 4.42. The van der Waals surface area contributed by atoms with Gasteiger partial charge in [0.25, 0.3) is 0 Å². The average Bonchev–Trinajstić information content (AvgIpc) is 2.93. The van der Waals surface area contributed by atoms with E-state index in [2.05, 4.69) is 46.0 Å². The lowest BCUT2D eigenvalue weighted by molar-refractivity contribution is -0.644. The summed E-state index contributed by atoms with van der Waals surface area (Å²) < 4.78 is 13.5. The van der Waals surface area contributed by atoms with E-state index in [0.29, 0.717) is 0 Å². The molecule has 2 heterocycles. The fourth-order valence-corrected chi connectivity index (χ4v) is 3.05. The summed E-state index contributed by atoms with van der Waals surface area (Å²) in [4.78, 5) is 2.06. The Balaban J connectivity index is 1.85. The molecule has 0 unspecified atom stereocenters. The molecule has 0 aliphatic carbocycles. The fraction of sp³-hybridized carbons (Fsp3) is 0.150. The highest BCUT2D eigenvalue weighted by Gasteiger charge is 2.23. The van der Waals surface area contributed by atoms with Gasteiger partial charge in [0.1, 0.15) is 12.8 Å². The molecule has 120 valence electrons. The topological polar surface area (TPSA) is 25.6 Å². The van der Waals surface area contributed by atoms with Crippen LogP contribution in [0.5, 0.6) is 11.5 Å². The van der Waals surface area contributed by atoms with Crippen LogP contribution in [0.1, 0.15) is 5.56 Å². The highest BCUT2D eigenvalue weighted by atomic mass is 16.5. The maximum atomic E-state index is 6.01. The first-order valence-corrected chi connectivity index (χ1v) is 7.86. The molecule has 0 radical (unpaired) electrons. The van der Waals surface area contributed by atoms with Gasteiger partial charge in [0.15, 0.2) is 11.9 Å². The van der Waals surface area contributed by atoms with Gasteiger partial charge in [0.05, 0.1) is 18.2 Å². The second-order valence-corrected chi connectivity index (χ2v) is 5.88. The summed E-state index contributed by atoms with van der Waals surface area (Å²) >= 11 is 0. The van der Waals surface area contributed by atoms with Gasteiger partial charge in [-0.2, -0.15) is 0 Å². The number of aromatic nitrogens is 1. The molecule has 1 aromatic heterocycles. The van der Waals surface area contributed by atoms with Gasteiger partial charge < -0.3 is 14.4 Å². The molecular formula is C20H19N2O2+. The van der Waals surface area contributed by atoms with Gasteiger partial charge in [0.2, 0.25) is 11.4 Å². The Labute approximate surface area is 141 Å². The molecular weight excluding hydrogens is 300 g/mol. The van der Waals surface area contributed by atoms with Crippen LogP contribution < -0.4 is 18.9 Å². The van der Waals surface area contributed by atoms with E-state index in [1.807, 2.05) is 38.4 Å². The first-order valence-electron chi connectivity index (χ1n) is 7.86. The van der Waals surface area contributed by atoms with Crippen LogP contribution in [0.2, 0.25) is 0 Å². The number of hydrogen-bond donors (Lipinski definition) is 0. The standard InChI is InChI=1S/C20H19N2O2/c1-21-11-10-14(16-13-15(23-3)8-9-17(16)21)12-20-22(2)18-6-4-5-7-19(18)24-20/h4-13H,1-3H3/q+1. The van der Waals surface area contributed by atoms with E-state index < -0.39 is 0 Å². The number of fused-ring (bicyclic) bond motifs is 2. The number of para-hydroxylation sites is 2. The van der Waals surface area contributed by atoms with Crippen LogP contribution in [0.4, 0.5) is 5.69 Å². The van der Waals surface area contributed by atoms with Crippen molar-refractivity contribution in [3.8, 4) is 11.5 Å². The van der Waals surface area contributed by atoms with Gasteiger partial charge in [-0.3, -0.25) is 0 Å². The van der Waals surface area contributed by atoms with Crippen molar-refractivity contribution in [3.63, 3.8) is 0 Å². The van der Waals surface area contributed by atoms with Crippen molar-refractivity contribution in [3.05, 3.63) is 66.2 Å². The molecule has 0 amide bonds. The van der Waals surface area contributed by atoms with Gasteiger partial charge >= 0.3 is 0 Å². The van der Waals surface area contributed by atoms with E-state index >= 15 is 0 Å². The Morgan fingerprint density at radius 1 is 1.12 bits per heavy atom. The van der Waals surface area contributed by atoms with Crippen LogP contribution >= 0.6 is 0 Å². The lowest BCUT2D eigenvalue weighted by Gasteiger charge is -2.11. The normalized spacial score (nSPS) is 14.8. The molecule has 0 saturated heterocycles. The maximum absolute atomic E-state index is 6.01. The van der Waals surface area contributed by atoms with Crippen LogP contribution in [-0.4, -0.2) is 14.2 Å². The largest absolute Gasteiger partial charge is 0.497 e. The zero-order chi connectivity index (χ0) is 16.7. The molecule has 0 fully saturated rings. The molecule has 0 saturated carbocycles. The monoisotopic (exact) mass is 319 g/mol. The lowest BCUT2D eigenvalue weighted by atomic mass is 10.1. The molecule has 0 N–H and O–H groups in total. The second kappa shape index (κ2) is 5.57. The Morgan fingerprint density at radius 3 is 2.75 bits per heavy atom. The minimum Gasteiger partial charge on any atom is -0.497 e. The zero-order valence-corrected chi connectivity index (χ0v) is 14.0. The summed E-state index contributed by atoms with van der Waals surface area (Å²) in [6.07, 6.45) is 4.13. The van der Waals surface area contributed by atoms with Crippen molar-refractivity contribution in [1.29, 1.82) is 0 Å². The number of pyridine rings is 1. The molecule has 4 heteroatoms. The van der Waals surface area contributed by atoms with Gasteiger partial charge in [-0.15, -0.1) is 0 Å². The lowest BCUT2D eigenvalue weighted by Crippen LogP contribution is -2.28. The van der Waals surface area contributed by atoms with Crippen molar-refractivity contribution in [2.45, 2.75) is 0 Å². The molecule has 3 aromatic rings. The SMILES string of the molecule is COc1ccc2c(c1)c(/C=C1\Oc3ccccc3N1C)cc[n+]2C. The molecule has 0 bridgehead atoms. The molecule has 2 aromatic carbocycles. The van der Waals surface area contributed by atoms with Crippen molar-refractivity contribution in [1.82, 2.24) is 0 Å². The van der Waals surface area contributed by atoms with Crippen LogP contribution in [-0.2, 0) is 7.05 Å². The summed E-state index contributed by atoms with van der Waals surface area (Å²) in [5.41, 5.74) is 3.31. The number of methoxy groups -OCH3 is 1. The molecule has 1 aliphatic heterocycles. The Bertz CT molecular complexity index is 963. The summed E-state index contributed by atoms with van der Waals surface area (Å²) in [7, 11) is 5.75. The Morgan fingerprint density at radius 2 is 1.96 bits per heavy atom. The van der Waals surface area contributed by atoms with E-state index in [9.17, 15) is 0 Å². The Hall–Kier alpha value is -3.01. The van der Waals surface area contributed by atoms with Crippen molar-refractivity contribution >= 4 is 22.7 Å². The second-order valence-electron chi connectivity index (χ2n) is 5.88. The van der Waals surface area contributed by atoms with Gasteiger partial charge in [-0.05, 0) is 29.8 Å². The first kappa shape index (κ1) is 14.6. The van der Waals surface area contributed by atoms with Crippen molar-refractivity contribution in [2.75, 3.05) is 19.1 Å². The highest BCUT2D eigenvalue weighted by molar-refractivity contribution is 5.88. The van der Waals surface area contributed by atoms with Gasteiger partial charge in [-0.25, -0.2) is 4.57 Å². The first-order chi connectivity index (χ1) is 11.7. The minimum atomic E-state index is 0.814. The zero-order valence-electron chi connectivity index (χ0n) is 14.0. The predicted molar refractivity (Wildman–Crippen MR) is 95.1 cm³/mol. The minimum absolute atomic E-state index is 0.814. The van der Waals surface area contributed by atoms with Crippen molar-refractivity contribution < 1.29 is 14.0 Å². The summed E-state index contributed by atoms with van der Waals surface area (Å²) in [6, 6.07) is 16.3. The third-order valence-corrected chi connectivity index (χ3v) is 4.42. The molecule has 0 atom stereocenters. The number of ether oxygens (including phenoxy) is 2. The molecule has 4 rings (SSSR count). The van der Waals surface area contributed by atoms with E-state index in [1.165, 1.54) is 0 Å². The molecule has 1 aliphatic rings.